The van der Waals surface area contributed by atoms with Crippen LogP contribution in [0.5, 0.6) is 0 Å². The van der Waals surface area contributed by atoms with E-state index in [1.807, 2.05) is 30.3 Å². The minimum atomic E-state index is -0.441. The van der Waals surface area contributed by atoms with Crippen molar-refractivity contribution in [2.45, 2.75) is 0 Å². The van der Waals surface area contributed by atoms with E-state index in [4.69, 9.17) is 10.2 Å². The zero-order chi connectivity index (χ0) is 12.5. The third kappa shape index (κ3) is 1.64. The van der Waals surface area contributed by atoms with Crippen LogP contribution in [0.15, 0.2) is 53.3 Å². The molecule has 88 valence electrons. The summed E-state index contributed by atoms with van der Waals surface area (Å²) in [5.41, 5.74) is 9.02. The summed E-state index contributed by atoms with van der Waals surface area (Å²) in [6.45, 7) is 0. The van der Waals surface area contributed by atoms with Gasteiger partial charge in [0.05, 0.1) is 0 Å². The van der Waals surface area contributed by atoms with Crippen molar-refractivity contribution in [1.29, 1.82) is 0 Å². The maximum atomic E-state index is 11.4. The first-order valence-corrected chi connectivity index (χ1v) is 5.48. The zero-order valence-electron chi connectivity index (χ0n) is 9.46. The highest BCUT2D eigenvalue weighted by Crippen LogP contribution is 2.26. The Balaban J connectivity index is 2.22. The Hall–Kier alpha value is -2.62. The zero-order valence-corrected chi connectivity index (χ0v) is 9.46. The number of fused-ring (bicyclic) bond motifs is 1. The summed E-state index contributed by atoms with van der Waals surface area (Å²) in [5.74, 6) is -0.441. The third-order valence-electron chi connectivity index (χ3n) is 2.83. The number of rotatable bonds is 2. The number of carbonyl (C=O) groups excluding carboxylic acids is 1. The number of amides is 1. The van der Waals surface area contributed by atoms with Crippen molar-refractivity contribution in [1.82, 2.24) is 4.98 Å². The highest BCUT2D eigenvalue weighted by atomic mass is 16.3. The van der Waals surface area contributed by atoms with Crippen molar-refractivity contribution >= 4 is 17.0 Å². The number of hydrogen-bond acceptors (Lipinski definition) is 3. The van der Waals surface area contributed by atoms with E-state index in [0.717, 1.165) is 16.6 Å². The van der Waals surface area contributed by atoms with Gasteiger partial charge in [-0.05, 0) is 29.3 Å². The Morgan fingerprint density at radius 3 is 2.83 bits per heavy atom. The number of oxazole rings is 1. The van der Waals surface area contributed by atoms with Crippen LogP contribution in [0.2, 0.25) is 0 Å². The van der Waals surface area contributed by atoms with Crippen LogP contribution in [0.25, 0.3) is 22.2 Å². The van der Waals surface area contributed by atoms with Crippen LogP contribution in [0.4, 0.5) is 0 Å². The van der Waals surface area contributed by atoms with E-state index in [2.05, 4.69) is 4.98 Å². The Kier molecular flexibility index (Phi) is 2.34. The molecule has 3 aromatic rings. The third-order valence-corrected chi connectivity index (χ3v) is 2.83. The molecule has 18 heavy (non-hydrogen) atoms. The average Bonchev–Trinajstić information content (AvgIpc) is 2.85. The van der Waals surface area contributed by atoms with E-state index in [9.17, 15) is 4.79 Å². The Morgan fingerprint density at radius 1 is 1.17 bits per heavy atom. The summed E-state index contributed by atoms with van der Waals surface area (Å²) in [4.78, 5) is 15.4. The molecule has 0 unspecified atom stereocenters. The fourth-order valence-corrected chi connectivity index (χ4v) is 1.97. The second-order valence-electron chi connectivity index (χ2n) is 3.94. The van der Waals surface area contributed by atoms with Crippen LogP contribution in [0, 0.1) is 0 Å². The van der Waals surface area contributed by atoms with Gasteiger partial charge in [0.1, 0.15) is 5.52 Å². The maximum Gasteiger partial charge on any atom is 0.249 e. The first kappa shape index (κ1) is 10.5. The number of benzene rings is 2. The van der Waals surface area contributed by atoms with Crippen molar-refractivity contribution in [3.63, 3.8) is 0 Å². The van der Waals surface area contributed by atoms with E-state index in [1.165, 1.54) is 6.39 Å². The van der Waals surface area contributed by atoms with Crippen LogP contribution < -0.4 is 5.73 Å². The van der Waals surface area contributed by atoms with E-state index in [1.54, 1.807) is 12.1 Å². The smallest absolute Gasteiger partial charge is 0.249 e. The standard InChI is InChI=1S/C14H10N2O2/c15-14(17)11-4-2-1-3-10(11)9-5-6-12-13(7-9)18-8-16-12/h1-8H,(H2,15,17). The molecular weight excluding hydrogens is 228 g/mol. The largest absolute Gasteiger partial charge is 0.443 e. The number of aromatic nitrogens is 1. The van der Waals surface area contributed by atoms with Crippen molar-refractivity contribution in [3.8, 4) is 11.1 Å². The van der Waals surface area contributed by atoms with Gasteiger partial charge in [-0.2, -0.15) is 0 Å². The van der Waals surface area contributed by atoms with Crippen LogP contribution in [-0.4, -0.2) is 10.9 Å². The highest BCUT2D eigenvalue weighted by Gasteiger charge is 2.10. The molecule has 0 aliphatic carbocycles. The molecule has 4 nitrogen and oxygen atoms in total. The topological polar surface area (TPSA) is 69.1 Å². The first-order chi connectivity index (χ1) is 8.75. The number of carbonyl (C=O) groups is 1. The summed E-state index contributed by atoms with van der Waals surface area (Å²) < 4.78 is 5.25. The van der Waals surface area contributed by atoms with Gasteiger partial charge in [0.25, 0.3) is 0 Å². The van der Waals surface area contributed by atoms with Gasteiger partial charge in [-0.3, -0.25) is 4.79 Å². The predicted molar refractivity (Wildman–Crippen MR) is 68.0 cm³/mol. The SMILES string of the molecule is NC(=O)c1ccccc1-c1ccc2ncoc2c1. The van der Waals surface area contributed by atoms with Gasteiger partial charge >= 0.3 is 0 Å². The first-order valence-electron chi connectivity index (χ1n) is 5.48. The van der Waals surface area contributed by atoms with Gasteiger partial charge < -0.3 is 10.2 Å². The van der Waals surface area contributed by atoms with E-state index in [0.29, 0.717) is 11.1 Å². The van der Waals surface area contributed by atoms with Gasteiger partial charge in [-0.25, -0.2) is 4.98 Å². The molecule has 1 amide bonds. The molecule has 3 rings (SSSR count). The second kappa shape index (κ2) is 4.00. The second-order valence-corrected chi connectivity index (χ2v) is 3.94. The molecule has 0 bridgehead atoms. The van der Waals surface area contributed by atoms with Crippen molar-refractivity contribution < 1.29 is 9.21 Å². The fourth-order valence-electron chi connectivity index (χ4n) is 1.97. The molecule has 0 aliphatic heterocycles. The summed E-state index contributed by atoms with van der Waals surface area (Å²) in [5, 5.41) is 0. The van der Waals surface area contributed by atoms with Gasteiger partial charge in [0.15, 0.2) is 12.0 Å². The normalized spacial score (nSPS) is 10.7. The minimum Gasteiger partial charge on any atom is -0.443 e. The van der Waals surface area contributed by atoms with Crippen molar-refractivity contribution in [3.05, 3.63) is 54.4 Å². The molecule has 2 aromatic carbocycles. The lowest BCUT2D eigenvalue weighted by atomic mass is 9.99. The van der Waals surface area contributed by atoms with E-state index >= 15 is 0 Å². The molecule has 4 heteroatoms. The van der Waals surface area contributed by atoms with Crippen LogP contribution in [-0.2, 0) is 0 Å². The maximum absolute atomic E-state index is 11.4. The number of hydrogen-bond donors (Lipinski definition) is 1. The summed E-state index contributed by atoms with van der Waals surface area (Å²) >= 11 is 0. The Labute approximate surface area is 103 Å². The van der Waals surface area contributed by atoms with Crippen LogP contribution in [0.3, 0.4) is 0 Å². The lowest BCUT2D eigenvalue weighted by Gasteiger charge is -2.06. The molecule has 0 radical (unpaired) electrons. The summed E-state index contributed by atoms with van der Waals surface area (Å²) in [6.07, 6.45) is 1.40. The predicted octanol–water partition coefficient (Wildman–Crippen LogP) is 2.59. The molecular formula is C14H10N2O2. The van der Waals surface area contributed by atoms with Gasteiger partial charge in [0, 0.05) is 5.56 Å². The van der Waals surface area contributed by atoms with Gasteiger partial charge in [-0.15, -0.1) is 0 Å². The highest BCUT2D eigenvalue weighted by molar-refractivity contribution is 6.00. The monoisotopic (exact) mass is 238 g/mol. The fraction of sp³-hybridized carbons (Fsp3) is 0. The number of nitrogens with zero attached hydrogens (tertiary/aromatic N) is 1. The Bertz CT molecular complexity index is 731. The van der Waals surface area contributed by atoms with E-state index < -0.39 is 5.91 Å². The molecule has 0 fully saturated rings. The number of nitrogens with two attached hydrogens (primary N) is 1. The van der Waals surface area contributed by atoms with E-state index in [-0.39, 0.29) is 0 Å². The number of primary amides is 1. The van der Waals surface area contributed by atoms with Crippen LogP contribution >= 0.6 is 0 Å². The molecule has 1 heterocycles. The van der Waals surface area contributed by atoms with Crippen molar-refractivity contribution in [2.24, 2.45) is 5.73 Å². The molecule has 0 saturated carbocycles. The van der Waals surface area contributed by atoms with Gasteiger partial charge in [0.2, 0.25) is 5.91 Å². The van der Waals surface area contributed by atoms with Gasteiger partial charge in [-0.1, -0.05) is 24.3 Å². The summed E-state index contributed by atoms with van der Waals surface area (Å²) in [6, 6.07) is 12.8. The molecule has 0 saturated heterocycles. The molecule has 0 atom stereocenters. The molecule has 1 aromatic heterocycles. The van der Waals surface area contributed by atoms with Crippen LogP contribution in [0.1, 0.15) is 10.4 Å². The summed E-state index contributed by atoms with van der Waals surface area (Å²) in [7, 11) is 0. The minimum absolute atomic E-state index is 0.441. The molecule has 2 N–H and O–H groups in total. The average molecular weight is 238 g/mol. The molecule has 0 aliphatic rings. The van der Waals surface area contributed by atoms with Crippen molar-refractivity contribution in [2.75, 3.05) is 0 Å². The Morgan fingerprint density at radius 2 is 2.00 bits per heavy atom. The lowest BCUT2D eigenvalue weighted by Crippen LogP contribution is -2.12. The quantitative estimate of drug-likeness (QED) is 0.746. The molecule has 0 spiro atoms. The lowest BCUT2D eigenvalue weighted by molar-refractivity contribution is 0.100.